The summed E-state index contributed by atoms with van der Waals surface area (Å²) in [6, 6.07) is 5.83. The second kappa shape index (κ2) is 6.10. The molecule has 0 aliphatic carbocycles. The maximum Gasteiger partial charge on any atom is 0.260 e. The zero-order chi connectivity index (χ0) is 14.7. The van der Waals surface area contributed by atoms with E-state index >= 15 is 0 Å². The number of hydrogen-bond acceptors (Lipinski definition) is 3. The number of piperidine rings is 1. The van der Waals surface area contributed by atoms with Gasteiger partial charge in [-0.1, -0.05) is 6.07 Å². The van der Waals surface area contributed by atoms with Crippen molar-refractivity contribution < 1.29 is 9.18 Å². The third-order valence-corrected chi connectivity index (χ3v) is 4.54. The quantitative estimate of drug-likeness (QED) is 0.855. The van der Waals surface area contributed by atoms with Crippen LogP contribution in [0.3, 0.4) is 0 Å². The van der Waals surface area contributed by atoms with Crippen LogP contribution in [0.4, 0.5) is 4.39 Å². The molecule has 0 unspecified atom stereocenters. The molecule has 0 N–H and O–H groups in total. The molecule has 1 aromatic rings. The van der Waals surface area contributed by atoms with Crippen LogP contribution in [-0.2, 0) is 11.3 Å². The Morgan fingerprint density at radius 1 is 1.19 bits per heavy atom. The molecule has 4 nitrogen and oxygen atoms in total. The monoisotopic (exact) mass is 291 g/mol. The average Bonchev–Trinajstić information content (AvgIpc) is 3.04. The van der Waals surface area contributed by atoms with Gasteiger partial charge < -0.3 is 4.90 Å². The van der Waals surface area contributed by atoms with E-state index in [-0.39, 0.29) is 5.91 Å². The Morgan fingerprint density at radius 3 is 2.52 bits per heavy atom. The molecule has 0 radical (unpaired) electrons. The maximum absolute atomic E-state index is 14.9. The van der Waals surface area contributed by atoms with Crippen molar-refractivity contribution in [2.24, 2.45) is 0 Å². The number of amides is 1. The molecule has 1 aromatic heterocycles. The highest BCUT2D eigenvalue weighted by atomic mass is 19.1. The number of nitrogens with zero attached hydrogens (tertiary/aromatic N) is 3. The zero-order valence-electron chi connectivity index (χ0n) is 12.3. The van der Waals surface area contributed by atoms with Gasteiger partial charge >= 0.3 is 0 Å². The fraction of sp³-hybridized carbons (Fsp3) is 0.625. The fourth-order valence-corrected chi connectivity index (χ4v) is 3.20. The number of likely N-dealkylation sites (tertiary alicyclic amines) is 2. The lowest BCUT2D eigenvalue weighted by Gasteiger charge is -2.37. The molecule has 0 bridgehead atoms. The van der Waals surface area contributed by atoms with Gasteiger partial charge in [0.25, 0.3) is 5.91 Å². The summed E-state index contributed by atoms with van der Waals surface area (Å²) in [5.41, 5.74) is -0.653. The summed E-state index contributed by atoms with van der Waals surface area (Å²) < 4.78 is 14.9. The van der Waals surface area contributed by atoms with E-state index in [1.54, 1.807) is 11.1 Å². The van der Waals surface area contributed by atoms with Crippen molar-refractivity contribution >= 4 is 5.91 Å². The van der Waals surface area contributed by atoms with Gasteiger partial charge in [-0.15, -0.1) is 0 Å². The van der Waals surface area contributed by atoms with Crippen LogP contribution in [-0.4, -0.2) is 52.5 Å². The van der Waals surface area contributed by atoms with Crippen LogP contribution >= 0.6 is 0 Å². The minimum Gasteiger partial charge on any atom is -0.340 e. The molecule has 2 aliphatic heterocycles. The molecule has 1 amide bonds. The Hall–Kier alpha value is -1.49. The first kappa shape index (κ1) is 14.4. The predicted octanol–water partition coefficient (Wildman–Crippen LogP) is 2.01. The standard InChI is InChI=1S/C16H22FN3O/c17-16(15(21)20-9-3-4-10-20)6-11-19(12-7-16)13-14-5-1-2-8-18-14/h1-2,5,8H,3-4,6-7,9-13H2. The SMILES string of the molecule is O=C(N1CCCC1)C1(F)CCN(Cc2ccccn2)CC1. The van der Waals surface area contributed by atoms with Gasteiger partial charge in [0.15, 0.2) is 5.67 Å². The van der Waals surface area contributed by atoms with Crippen molar-refractivity contribution in [1.82, 2.24) is 14.8 Å². The van der Waals surface area contributed by atoms with Gasteiger partial charge in [-0.25, -0.2) is 4.39 Å². The summed E-state index contributed by atoms with van der Waals surface area (Å²) in [6.45, 7) is 3.42. The van der Waals surface area contributed by atoms with E-state index in [0.717, 1.165) is 38.2 Å². The van der Waals surface area contributed by atoms with Crippen molar-refractivity contribution in [3.63, 3.8) is 0 Å². The summed E-state index contributed by atoms with van der Waals surface area (Å²) in [6.07, 6.45) is 4.39. The van der Waals surface area contributed by atoms with Crippen LogP contribution in [0.5, 0.6) is 0 Å². The minimum atomic E-state index is -1.65. The highest BCUT2D eigenvalue weighted by Crippen LogP contribution is 2.30. The number of alkyl halides is 1. The van der Waals surface area contributed by atoms with Crippen molar-refractivity contribution in [3.8, 4) is 0 Å². The van der Waals surface area contributed by atoms with E-state index < -0.39 is 5.67 Å². The van der Waals surface area contributed by atoms with Crippen LogP contribution in [0.15, 0.2) is 24.4 Å². The third-order valence-electron chi connectivity index (χ3n) is 4.54. The number of carbonyl (C=O) groups excluding carboxylic acids is 1. The Bertz CT molecular complexity index is 480. The maximum atomic E-state index is 14.9. The molecular weight excluding hydrogens is 269 g/mol. The van der Waals surface area contributed by atoms with E-state index in [9.17, 15) is 9.18 Å². The molecule has 0 saturated carbocycles. The Labute approximate surface area is 125 Å². The molecular formula is C16H22FN3O. The predicted molar refractivity (Wildman–Crippen MR) is 78.4 cm³/mol. The molecule has 0 spiro atoms. The fourth-order valence-electron chi connectivity index (χ4n) is 3.20. The van der Waals surface area contributed by atoms with Crippen LogP contribution in [0.1, 0.15) is 31.4 Å². The third kappa shape index (κ3) is 3.23. The lowest BCUT2D eigenvalue weighted by Crippen LogP contribution is -2.51. The van der Waals surface area contributed by atoms with Gasteiger partial charge in [0.1, 0.15) is 0 Å². The minimum absolute atomic E-state index is 0.280. The molecule has 0 aromatic carbocycles. The summed E-state index contributed by atoms with van der Waals surface area (Å²) in [5.74, 6) is -0.280. The molecule has 0 atom stereocenters. The van der Waals surface area contributed by atoms with Crippen LogP contribution < -0.4 is 0 Å². The Morgan fingerprint density at radius 2 is 1.90 bits per heavy atom. The second-order valence-electron chi connectivity index (χ2n) is 6.06. The lowest BCUT2D eigenvalue weighted by atomic mass is 9.91. The normalized spacial score (nSPS) is 22.4. The molecule has 21 heavy (non-hydrogen) atoms. The van der Waals surface area contributed by atoms with E-state index in [0.29, 0.717) is 25.9 Å². The number of aromatic nitrogens is 1. The summed E-state index contributed by atoms with van der Waals surface area (Å²) in [5, 5.41) is 0. The van der Waals surface area contributed by atoms with Gasteiger partial charge in [-0.05, 0) is 25.0 Å². The van der Waals surface area contributed by atoms with Crippen molar-refractivity contribution in [2.75, 3.05) is 26.2 Å². The highest BCUT2D eigenvalue weighted by molar-refractivity contribution is 5.85. The number of rotatable bonds is 3. The zero-order valence-corrected chi connectivity index (χ0v) is 12.3. The van der Waals surface area contributed by atoms with Crippen LogP contribution in [0.2, 0.25) is 0 Å². The largest absolute Gasteiger partial charge is 0.340 e. The number of hydrogen-bond donors (Lipinski definition) is 0. The molecule has 114 valence electrons. The molecule has 2 fully saturated rings. The van der Waals surface area contributed by atoms with Crippen LogP contribution in [0, 0.1) is 0 Å². The number of pyridine rings is 1. The first-order valence-corrected chi connectivity index (χ1v) is 7.78. The lowest BCUT2D eigenvalue weighted by molar-refractivity contribution is -0.146. The first-order valence-electron chi connectivity index (χ1n) is 7.78. The second-order valence-corrected chi connectivity index (χ2v) is 6.06. The van der Waals surface area contributed by atoms with E-state index in [4.69, 9.17) is 0 Å². The van der Waals surface area contributed by atoms with Crippen molar-refractivity contribution in [3.05, 3.63) is 30.1 Å². The van der Waals surface area contributed by atoms with E-state index in [1.807, 2.05) is 18.2 Å². The van der Waals surface area contributed by atoms with Crippen LogP contribution in [0.25, 0.3) is 0 Å². The Kier molecular flexibility index (Phi) is 4.19. The van der Waals surface area contributed by atoms with Gasteiger partial charge in [-0.3, -0.25) is 14.7 Å². The molecule has 3 rings (SSSR count). The van der Waals surface area contributed by atoms with E-state index in [1.165, 1.54) is 0 Å². The summed E-state index contributed by atoms with van der Waals surface area (Å²) in [4.78, 5) is 20.5. The molecule has 2 saturated heterocycles. The average molecular weight is 291 g/mol. The number of halogens is 1. The Balaban J connectivity index is 1.55. The van der Waals surface area contributed by atoms with Crippen molar-refractivity contribution in [2.45, 2.75) is 37.9 Å². The number of carbonyl (C=O) groups is 1. The first-order chi connectivity index (χ1) is 10.2. The molecule has 3 heterocycles. The molecule has 2 aliphatic rings. The van der Waals surface area contributed by atoms with Gasteiger partial charge in [0, 0.05) is 51.8 Å². The van der Waals surface area contributed by atoms with Gasteiger partial charge in [0.2, 0.25) is 0 Å². The summed E-state index contributed by atoms with van der Waals surface area (Å²) >= 11 is 0. The topological polar surface area (TPSA) is 36.4 Å². The highest BCUT2D eigenvalue weighted by Gasteiger charge is 2.44. The van der Waals surface area contributed by atoms with Gasteiger partial charge in [0.05, 0.1) is 5.69 Å². The summed E-state index contributed by atoms with van der Waals surface area (Å²) in [7, 11) is 0. The van der Waals surface area contributed by atoms with E-state index in [2.05, 4.69) is 9.88 Å². The van der Waals surface area contributed by atoms with Crippen molar-refractivity contribution in [1.29, 1.82) is 0 Å². The van der Waals surface area contributed by atoms with Gasteiger partial charge in [-0.2, -0.15) is 0 Å². The molecule has 5 heteroatoms. The smallest absolute Gasteiger partial charge is 0.260 e.